The maximum Gasteiger partial charge on any atom is 0.204 e. The lowest BCUT2D eigenvalue weighted by atomic mass is 9.66. The molecule has 4 saturated carbocycles. The third kappa shape index (κ3) is 3.63. The van der Waals surface area contributed by atoms with Crippen LogP contribution in [0.25, 0.3) is 0 Å². The van der Waals surface area contributed by atoms with Crippen LogP contribution in [-0.2, 0) is 14.5 Å². The number of hydrogen-bond acceptors (Lipinski definition) is 5. The number of rotatable bonds is 2. The minimum atomic E-state index is -0.557. The van der Waals surface area contributed by atoms with Crippen LogP contribution >= 0.6 is 0 Å². The Morgan fingerprint density at radius 1 is 0.857 bits per heavy atom. The third-order valence-electron chi connectivity index (χ3n) is 8.82. The summed E-state index contributed by atoms with van der Waals surface area (Å²) in [5, 5.41) is 12.4. The Labute approximate surface area is 169 Å². The van der Waals surface area contributed by atoms with Crippen molar-refractivity contribution < 1.29 is 19.7 Å². The van der Waals surface area contributed by atoms with Crippen molar-refractivity contribution in [3.63, 3.8) is 0 Å². The molecule has 1 saturated heterocycles. The van der Waals surface area contributed by atoms with E-state index in [2.05, 4.69) is 12.1 Å². The van der Waals surface area contributed by atoms with Gasteiger partial charge in [0.15, 0.2) is 0 Å². The molecule has 1 N–H and O–H groups in total. The Bertz CT molecular complexity index is 577. The quantitative estimate of drug-likeness (QED) is 0.367. The standard InChI is InChI=1S/C23H37NO4/c1-22(20-14-16-3-2-4-17(13-16)15-20)26-23(28-27-22)11-9-19(10-12-23)18-5-7-21(24-25)8-6-18/h16-20,25H,2-15H2,1H3/t16?,17?,18?,19?,20?,22-,23?/m0/s1. The predicted octanol–water partition coefficient (Wildman–Crippen LogP) is 5.80. The summed E-state index contributed by atoms with van der Waals surface area (Å²) >= 11 is 0. The van der Waals surface area contributed by atoms with Crippen LogP contribution in [0.3, 0.4) is 0 Å². The molecule has 5 rings (SSSR count). The predicted molar refractivity (Wildman–Crippen MR) is 106 cm³/mol. The second kappa shape index (κ2) is 7.55. The molecule has 5 fully saturated rings. The van der Waals surface area contributed by atoms with E-state index in [0.29, 0.717) is 5.92 Å². The van der Waals surface area contributed by atoms with E-state index >= 15 is 0 Å². The molecule has 5 heteroatoms. The lowest BCUT2D eigenvalue weighted by molar-refractivity contribution is -0.362. The molecule has 5 aliphatic rings. The molecular formula is C23H37NO4. The van der Waals surface area contributed by atoms with Gasteiger partial charge in [0.25, 0.3) is 0 Å². The van der Waals surface area contributed by atoms with E-state index in [4.69, 9.17) is 19.7 Å². The Balaban J connectivity index is 1.17. The minimum absolute atomic E-state index is 0.475. The minimum Gasteiger partial charge on any atom is -0.411 e. The first-order valence-electron chi connectivity index (χ1n) is 11.8. The van der Waals surface area contributed by atoms with Gasteiger partial charge in [0.2, 0.25) is 11.6 Å². The highest BCUT2D eigenvalue weighted by molar-refractivity contribution is 5.84. The molecule has 1 heterocycles. The number of nitrogens with zero attached hydrogens (tertiary/aromatic N) is 1. The van der Waals surface area contributed by atoms with E-state index in [1.54, 1.807) is 0 Å². The summed E-state index contributed by atoms with van der Waals surface area (Å²) in [5.41, 5.74) is 0.979. The van der Waals surface area contributed by atoms with Crippen molar-refractivity contribution >= 4 is 5.71 Å². The SMILES string of the molecule is C[C@@]1(C2CC3CCCC(C3)C2)OOC2(CCC(C3CCC(=NO)CC3)CC2)O1. The number of fused-ring (bicyclic) bond motifs is 2. The summed E-state index contributed by atoms with van der Waals surface area (Å²) in [4.78, 5) is 12.0. The van der Waals surface area contributed by atoms with Gasteiger partial charge in [-0.2, -0.15) is 9.78 Å². The largest absolute Gasteiger partial charge is 0.411 e. The van der Waals surface area contributed by atoms with Crippen LogP contribution in [0.2, 0.25) is 0 Å². The lowest BCUT2D eigenvalue weighted by Gasteiger charge is -2.44. The van der Waals surface area contributed by atoms with Gasteiger partial charge in [-0.05, 0) is 88.4 Å². The first-order chi connectivity index (χ1) is 13.6. The molecule has 158 valence electrons. The van der Waals surface area contributed by atoms with Gasteiger partial charge in [0, 0.05) is 18.8 Å². The monoisotopic (exact) mass is 391 g/mol. The Hall–Kier alpha value is -0.650. The van der Waals surface area contributed by atoms with E-state index in [9.17, 15) is 0 Å². The molecule has 2 bridgehead atoms. The van der Waals surface area contributed by atoms with E-state index in [1.807, 2.05) is 0 Å². The van der Waals surface area contributed by atoms with Crippen molar-refractivity contribution in [3.05, 3.63) is 0 Å². The van der Waals surface area contributed by atoms with Crippen molar-refractivity contribution in [1.82, 2.24) is 0 Å². The average Bonchev–Trinajstić information content (AvgIpc) is 3.06. The first-order valence-corrected chi connectivity index (χ1v) is 11.8. The van der Waals surface area contributed by atoms with Crippen molar-refractivity contribution in [2.24, 2.45) is 34.7 Å². The fourth-order valence-corrected chi connectivity index (χ4v) is 7.15. The Kier molecular flexibility index (Phi) is 5.21. The zero-order valence-electron chi connectivity index (χ0n) is 17.4. The van der Waals surface area contributed by atoms with E-state index in [-0.39, 0.29) is 0 Å². The Morgan fingerprint density at radius 3 is 2.14 bits per heavy atom. The zero-order valence-corrected chi connectivity index (χ0v) is 17.4. The van der Waals surface area contributed by atoms with Gasteiger partial charge in [-0.15, -0.1) is 0 Å². The van der Waals surface area contributed by atoms with Gasteiger partial charge in [-0.1, -0.05) is 24.4 Å². The topological polar surface area (TPSA) is 60.3 Å². The smallest absolute Gasteiger partial charge is 0.204 e. The van der Waals surface area contributed by atoms with Gasteiger partial charge < -0.3 is 9.94 Å². The molecule has 1 aliphatic heterocycles. The van der Waals surface area contributed by atoms with Gasteiger partial charge in [0.05, 0.1) is 5.71 Å². The van der Waals surface area contributed by atoms with Crippen molar-refractivity contribution in [1.29, 1.82) is 0 Å². The lowest BCUT2D eigenvalue weighted by Crippen LogP contribution is -2.45. The molecule has 5 nitrogen and oxygen atoms in total. The van der Waals surface area contributed by atoms with Crippen molar-refractivity contribution in [2.45, 2.75) is 108 Å². The van der Waals surface area contributed by atoms with Crippen LogP contribution < -0.4 is 0 Å². The molecule has 2 unspecified atom stereocenters. The second-order valence-corrected chi connectivity index (χ2v) is 10.6. The first kappa shape index (κ1) is 19.3. The van der Waals surface area contributed by atoms with Gasteiger partial charge in [0.1, 0.15) is 0 Å². The number of oxime groups is 1. The molecule has 4 aliphatic carbocycles. The molecule has 0 aromatic carbocycles. The van der Waals surface area contributed by atoms with Crippen LogP contribution in [-0.4, -0.2) is 22.5 Å². The molecule has 28 heavy (non-hydrogen) atoms. The summed E-state index contributed by atoms with van der Waals surface area (Å²) in [6.45, 7) is 2.14. The molecule has 0 amide bonds. The molecule has 0 aromatic rings. The van der Waals surface area contributed by atoms with E-state index in [0.717, 1.165) is 80.7 Å². The number of ether oxygens (including phenoxy) is 1. The van der Waals surface area contributed by atoms with Crippen LogP contribution in [0.15, 0.2) is 5.16 Å². The highest BCUT2D eigenvalue weighted by atomic mass is 17.3. The zero-order chi connectivity index (χ0) is 19.2. The van der Waals surface area contributed by atoms with Crippen molar-refractivity contribution in [3.8, 4) is 0 Å². The Morgan fingerprint density at radius 2 is 1.50 bits per heavy atom. The van der Waals surface area contributed by atoms with E-state index < -0.39 is 11.6 Å². The maximum absolute atomic E-state index is 8.98. The molecule has 0 aromatic heterocycles. The third-order valence-corrected chi connectivity index (χ3v) is 8.82. The fourth-order valence-electron chi connectivity index (χ4n) is 7.15. The van der Waals surface area contributed by atoms with Crippen molar-refractivity contribution in [2.75, 3.05) is 0 Å². The number of hydrogen-bond donors (Lipinski definition) is 1. The second-order valence-electron chi connectivity index (χ2n) is 10.6. The summed E-state index contributed by atoms with van der Waals surface area (Å²) in [5.74, 6) is 2.65. The maximum atomic E-state index is 8.98. The normalized spacial score (nSPS) is 49.3. The molecule has 3 atom stereocenters. The fraction of sp³-hybridized carbons (Fsp3) is 0.957. The summed E-state index contributed by atoms with van der Waals surface area (Å²) in [6.07, 6.45) is 16.6. The highest BCUT2D eigenvalue weighted by Gasteiger charge is 2.56. The molecular weight excluding hydrogens is 354 g/mol. The van der Waals surface area contributed by atoms with Crippen LogP contribution in [0, 0.1) is 29.6 Å². The molecule has 1 spiro atoms. The van der Waals surface area contributed by atoms with Crippen LogP contribution in [0.4, 0.5) is 0 Å². The summed E-state index contributed by atoms with van der Waals surface area (Å²) in [6, 6.07) is 0. The molecule has 0 radical (unpaired) electrons. The summed E-state index contributed by atoms with van der Waals surface area (Å²) in [7, 11) is 0. The highest BCUT2D eigenvalue weighted by Crippen LogP contribution is 2.53. The summed E-state index contributed by atoms with van der Waals surface area (Å²) < 4.78 is 6.66. The van der Waals surface area contributed by atoms with Gasteiger partial charge in [-0.3, -0.25) is 0 Å². The average molecular weight is 392 g/mol. The van der Waals surface area contributed by atoms with Crippen LogP contribution in [0.1, 0.15) is 96.8 Å². The van der Waals surface area contributed by atoms with Crippen LogP contribution in [0.5, 0.6) is 0 Å². The van der Waals surface area contributed by atoms with E-state index in [1.165, 1.54) is 38.5 Å². The van der Waals surface area contributed by atoms with Gasteiger partial charge >= 0.3 is 0 Å². The van der Waals surface area contributed by atoms with Gasteiger partial charge in [-0.25, -0.2) is 0 Å².